The summed E-state index contributed by atoms with van der Waals surface area (Å²) >= 11 is 0. The molecule has 11 heteroatoms. The number of hydrogen-bond acceptors (Lipinski definition) is 5. The zero-order valence-corrected chi connectivity index (χ0v) is 16.5. The van der Waals surface area contributed by atoms with Crippen LogP contribution in [-0.2, 0) is 9.53 Å². The van der Waals surface area contributed by atoms with Gasteiger partial charge in [-0.15, -0.1) is 0 Å². The van der Waals surface area contributed by atoms with Crippen LogP contribution >= 0.6 is 0 Å². The highest BCUT2D eigenvalue weighted by Gasteiger charge is 2.58. The predicted octanol–water partition coefficient (Wildman–Crippen LogP) is 2.43. The molecule has 2 aliphatic rings. The van der Waals surface area contributed by atoms with E-state index in [0.717, 1.165) is 6.07 Å². The predicted molar refractivity (Wildman–Crippen MR) is 99.7 cm³/mol. The van der Waals surface area contributed by atoms with Crippen LogP contribution in [0.5, 0.6) is 0 Å². The van der Waals surface area contributed by atoms with Crippen molar-refractivity contribution in [2.24, 2.45) is 5.92 Å². The van der Waals surface area contributed by atoms with Gasteiger partial charge < -0.3 is 20.1 Å². The van der Waals surface area contributed by atoms with Crippen LogP contribution in [0.15, 0.2) is 18.2 Å². The fraction of sp³-hybridized carbons (Fsp3) is 0.579. The number of amides is 2. The van der Waals surface area contributed by atoms with E-state index in [1.54, 1.807) is 0 Å². The van der Waals surface area contributed by atoms with Gasteiger partial charge in [-0.2, -0.15) is 13.2 Å². The lowest BCUT2D eigenvalue weighted by atomic mass is 9.81. The van der Waals surface area contributed by atoms with Gasteiger partial charge in [0, 0.05) is 32.4 Å². The van der Waals surface area contributed by atoms with E-state index < -0.39 is 42.1 Å². The Labute approximate surface area is 170 Å². The van der Waals surface area contributed by atoms with Crippen LogP contribution in [0.3, 0.4) is 0 Å². The van der Waals surface area contributed by atoms with E-state index in [2.05, 4.69) is 5.32 Å². The van der Waals surface area contributed by atoms with Gasteiger partial charge in [-0.3, -0.25) is 9.69 Å². The van der Waals surface area contributed by atoms with Crippen molar-refractivity contribution in [1.82, 2.24) is 5.32 Å². The molecular formula is C19H23F4N3O4. The number of benzene rings is 1. The highest BCUT2D eigenvalue weighted by Crippen LogP contribution is 2.43. The molecule has 0 radical (unpaired) electrons. The van der Waals surface area contributed by atoms with Gasteiger partial charge in [0.2, 0.25) is 5.91 Å². The molecule has 0 spiro atoms. The molecule has 2 saturated heterocycles. The topological polar surface area (TPSA) is 82.1 Å². The van der Waals surface area contributed by atoms with Gasteiger partial charge in [-0.1, -0.05) is 6.92 Å². The number of carbonyl (C=O) groups is 2. The monoisotopic (exact) mass is 433 g/mol. The first-order chi connectivity index (χ1) is 13.9. The second-order valence-electron chi connectivity index (χ2n) is 7.71. The van der Waals surface area contributed by atoms with Gasteiger partial charge in [0.15, 0.2) is 5.60 Å². The first kappa shape index (κ1) is 22.1. The molecule has 1 aromatic rings. The maximum absolute atomic E-state index is 14.8. The van der Waals surface area contributed by atoms with Gasteiger partial charge in [-0.25, -0.2) is 9.18 Å². The van der Waals surface area contributed by atoms with E-state index in [1.807, 2.05) is 0 Å². The molecule has 0 aliphatic carbocycles. The van der Waals surface area contributed by atoms with Crippen LogP contribution < -0.4 is 15.1 Å². The molecular weight excluding hydrogens is 410 g/mol. The minimum Gasteiger partial charge on any atom is -0.442 e. The van der Waals surface area contributed by atoms with E-state index in [1.165, 1.54) is 35.8 Å². The number of carbonyl (C=O) groups excluding carboxylic acids is 2. The minimum absolute atomic E-state index is 0.0946. The maximum Gasteiger partial charge on any atom is 0.417 e. The Morgan fingerprint density at radius 2 is 2.07 bits per heavy atom. The lowest BCUT2D eigenvalue weighted by molar-refractivity contribution is -0.281. The smallest absolute Gasteiger partial charge is 0.417 e. The molecule has 2 N–H and O–H groups in total. The number of ether oxygens (including phenoxy) is 1. The Morgan fingerprint density at radius 1 is 1.37 bits per heavy atom. The Balaban J connectivity index is 1.71. The van der Waals surface area contributed by atoms with Gasteiger partial charge in [0.1, 0.15) is 11.9 Å². The van der Waals surface area contributed by atoms with Crippen LogP contribution in [-0.4, -0.2) is 61.2 Å². The van der Waals surface area contributed by atoms with Crippen LogP contribution in [0.25, 0.3) is 0 Å². The molecule has 2 aliphatic heterocycles. The Bertz CT molecular complexity index is 834. The van der Waals surface area contributed by atoms with Crippen LogP contribution in [0.2, 0.25) is 0 Å². The number of aliphatic hydroxyl groups is 1. The van der Waals surface area contributed by atoms with Crippen LogP contribution in [0, 0.1) is 11.7 Å². The second-order valence-corrected chi connectivity index (χ2v) is 7.71. The van der Waals surface area contributed by atoms with Gasteiger partial charge >= 0.3 is 12.3 Å². The number of nitrogens with one attached hydrogen (secondary N) is 1. The van der Waals surface area contributed by atoms with E-state index in [-0.39, 0.29) is 43.5 Å². The third-order valence-corrected chi connectivity index (χ3v) is 5.60. The van der Waals surface area contributed by atoms with Gasteiger partial charge in [0.05, 0.1) is 24.5 Å². The molecule has 2 heterocycles. The fourth-order valence-corrected chi connectivity index (χ4v) is 3.78. The van der Waals surface area contributed by atoms with E-state index in [9.17, 15) is 32.3 Å². The lowest BCUT2D eigenvalue weighted by Crippen LogP contribution is -2.59. The standard InChI is InChI=1S/C19H23F4N3O4/c1-11-9-25(6-5-18(11,29)19(21,22)23)16-4-3-13(7-15(16)20)26-10-14(30-17(26)28)8-24-12(2)27/h3-4,7,11,14,29H,5-6,8-10H2,1-2H3,(H,24,27)/t11?,14-,18?/m0/s1. The van der Waals surface area contributed by atoms with Crippen LogP contribution in [0.4, 0.5) is 33.7 Å². The molecule has 3 atom stereocenters. The number of piperidine rings is 1. The van der Waals surface area contributed by atoms with E-state index >= 15 is 0 Å². The summed E-state index contributed by atoms with van der Waals surface area (Å²) in [4.78, 5) is 25.7. The largest absolute Gasteiger partial charge is 0.442 e. The summed E-state index contributed by atoms with van der Waals surface area (Å²) < 4.78 is 59.4. The summed E-state index contributed by atoms with van der Waals surface area (Å²) in [5.41, 5.74) is -2.47. The number of anilines is 2. The zero-order chi connectivity index (χ0) is 22.3. The number of nitrogens with zero attached hydrogens (tertiary/aromatic N) is 2. The SMILES string of the molecule is CC(=O)NC[C@H]1CN(c2ccc(N3CCC(O)(C(F)(F)F)C(C)C3)c(F)c2)C(=O)O1. The Kier molecular flexibility index (Phi) is 5.85. The van der Waals surface area contributed by atoms with Crippen molar-refractivity contribution in [3.05, 3.63) is 24.0 Å². The van der Waals surface area contributed by atoms with Crippen molar-refractivity contribution in [2.75, 3.05) is 36.0 Å². The molecule has 2 fully saturated rings. The molecule has 2 amide bonds. The van der Waals surface area contributed by atoms with E-state index in [0.29, 0.717) is 0 Å². The molecule has 30 heavy (non-hydrogen) atoms. The summed E-state index contributed by atoms with van der Waals surface area (Å²) in [6.45, 7) is 2.53. The number of cyclic esters (lactones) is 1. The number of rotatable bonds is 4. The van der Waals surface area contributed by atoms with Crippen molar-refractivity contribution in [3.8, 4) is 0 Å². The minimum atomic E-state index is -4.76. The quantitative estimate of drug-likeness (QED) is 0.713. The molecule has 0 bridgehead atoms. The lowest BCUT2D eigenvalue weighted by Gasteiger charge is -2.44. The molecule has 7 nitrogen and oxygen atoms in total. The normalized spacial score (nSPS) is 27.2. The fourth-order valence-electron chi connectivity index (χ4n) is 3.78. The molecule has 2 unspecified atom stereocenters. The molecule has 0 saturated carbocycles. The first-order valence-electron chi connectivity index (χ1n) is 9.48. The second kappa shape index (κ2) is 7.93. The average molecular weight is 433 g/mol. The Morgan fingerprint density at radius 3 is 2.63 bits per heavy atom. The zero-order valence-electron chi connectivity index (χ0n) is 16.5. The van der Waals surface area contributed by atoms with Gasteiger partial charge in [-0.05, 0) is 18.2 Å². The van der Waals surface area contributed by atoms with Crippen molar-refractivity contribution >= 4 is 23.4 Å². The van der Waals surface area contributed by atoms with Crippen molar-refractivity contribution in [2.45, 2.75) is 38.1 Å². The summed E-state index contributed by atoms with van der Waals surface area (Å²) in [7, 11) is 0. The third-order valence-electron chi connectivity index (χ3n) is 5.60. The molecule has 3 rings (SSSR count). The van der Waals surface area contributed by atoms with E-state index in [4.69, 9.17) is 4.74 Å². The first-order valence-corrected chi connectivity index (χ1v) is 9.48. The summed E-state index contributed by atoms with van der Waals surface area (Å²) in [6, 6.07) is 3.99. The van der Waals surface area contributed by atoms with Crippen LogP contribution in [0.1, 0.15) is 20.3 Å². The summed E-state index contributed by atoms with van der Waals surface area (Å²) in [6.07, 6.45) is -6.58. The molecule has 0 aromatic heterocycles. The summed E-state index contributed by atoms with van der Waals surface area (Å²) in [5.74, 6) is -2.11. The van der Waals surface area contributed by atoms with Crippen molar-refractivity contribution in [1.29, 1.82) is 0 Å². The number of halogens is 4. The van der Waals surface area contributed by atoms with Crippen molar-refractivity contribution < 1.29 is 37.0 Å². The molecule has 1 aromatic carbocycles. The highest BCUT2D eigenvalue weighted by molar-refractivity contribution is 5.90. The number of alkyl halides is 3. The third kappa shape index (κ3) is 4.16. The molecule has 166 valence electrons. The summed E-state index contributed by atoms with van der Waals surface area (Å²) in [5, 5.41) is 12.5. The Hall–Kier alpha value is -2.56. The van der Waals surface area contributed by atoms with Gasteiger partial charge in [0.25, 0.3) is 0 Å². The highest BCUT2D eigenvalue weighted by atomic mass is 19.4. The maximum atomic E-state index is 14.8. The average Bonchev–Trinajstić information content (AvgIpc) is 3.02. The van der Waals surface area contributed by atoms with Crippen molar-refractivity contribution in [3.63, 3.8) is 0 Å². The number of hydrogen-bond donors (Lipinski definition) is 2.